The summed E-state index contributed by atoms with van der Waals surface area (Å²) in [6.07, 6.45) is 141. The summed E-state index contributed by atoms with van der Waals surface area (Å²) in [6.45, 7) is 4.62. The van der Waals surface area contributed by atoms with Gasteiger partial charge < -0.3 is 9.11 Å². The van der Waals surface area contributed by atoms with Crippen LogP contribution in [0.2, 0.25) is 0 Å². The van der Waals surface area contributed by atoms with Crippen molar-refractivity contribution in [3.63, 3.8) is 0 Å². The van der Waals surface area contributed by atoms with Gasteiger partial charge in [-0.1, -0.05) is 642 Å². The minimum absolute atomic E-state index is 0. The summed E-state index contributed by atoms with van der Waals surface area (Å²) < 4.78 is 66.2. The maximum absolute atomic E-state index is 11.0. The topological polar surface area (TPSA) is 114 Å². The Balaban J connectivity index is 0.00000236. The summed E-state index contributed by atoms with van der Waals surface area (Å²) in [6, 6.07) is 12.8. The molecule has 0 aliphatic heterocycles. The number of hydrogen-bond donors (Lipinski definition) is 0. The van der Waals surface area contributed by atoms with E-state index in [0.717, 1.165) is 36.8 Å². The molecule has 0 aromatic heterocycles. The second-order valence-electron chi connectivity index (χ2n) is 38.9. The first-order valence-corrected chi connectivity index (χ1v) is 58.0. The molecule has 0 atom stereocenters. The van der Waals surface area contributed by atoms with E-state index >= 15 is 0 Å². The van der Waals surface area contributed by atoms with Crippen LogP contribution in [-0.2, 0) is 33.1 Å². The predicted molar refractivity (Wildman–Crippen MR) is 537 cm³/mol. The minimum Gasteiger partial charge on any atom is -0.744 e. The van der Waals surface area contributed by atoms with Crippen LogP contribution in [0.25, 0.3) is 0 Å². The Bertz CT molecular complexity index is 2310. The maximum atomic E-state index is 11.0. The normalized spacial score (nSPS) is 11.8. The standard InChI is InChI=1S/2C56H106O3S.Ca/c2*1-2-3-4-5-6-7-8-9-10-11-12-13-14-15-16-17-18-19-20-21-22-23-24-25-26-27-28-29-30-31-32-33-34-35-36-37-38-39-40-41-42-43-44-45-46-47-48-49-50-55-51-53-56(54-52-55)60(57,58)59;/h2*51-54H,2-50H2,1H3,(H,57,58,59);/q;;+2/p-2. The zero-order valence-corrected chi connectivity index (χ0v) is 85.7. The molecule has 0 saturated heterocycles. The predicted octanol–water partition coefficient (Wildman–Crippen LogP) is 39.4. The second kappa shape index (κ2) is 100. The maximum Gasteiger partial charge on any atom is 2.00 e. The molecule has 0 aliphatic carbocycles. The average Bonchev–Trinajstić information content (AvgIpc) is 0.867. The van der Waals surface area contributed by atoms with Crippen molar-refractivity contribution in [3.8, 4) is 0 Å². The van der Waals surface area contributed by atoms with Crippen LogP contribution in [0.3, 0.4) is 0 Å². The summed E-state index contributed by atoms with van der Waals surface area (Å²) in [5.41, 5.74) is 2.23. The van der Waals surface area contributed by atoms with E-state index in [2.05, 4.69) is 13.8 Å². The van der Waals surface area contributed by atoms with Gasteiger partial charge in [0, 0.05) is 0 Å². The van der Waals surface area contributed by atoms with Crippen LogP contribution in [0.4, 0.5) is 0 Å². The van der Waals surface area contributed by atoms with Crippen molar-refractivity contribution in [2.75, 3.05) is 0 Å². The number of aryl methyl sites for hydroxylation is 2. The van der Waals surface area contributed by atoms with Crippen molar-refractivity contribution in [1.82, 2.24) is 0 Å². The van der Waals surface area contributed by atoms with Gasteiger partial charge in [-0.05, 0) is 61.1 Å². The van der Waals surface area contributed by atoms with Gasteiger partial charge in [0.2, 0.25) is 0 Å². The molecule has 0 unspecified atom stereocenters. The van der Waals surface area contributed by atoms with Gasteiger partial charge in [0.1, 0.15) is 20.2 Å². The van der Waals surface area contributed by atoms with E-state index in [1.165, 1.54) is 628 Å². The summed E-state index contributed by atoms with van der Waals surface area (Å²) in [5, 5.41) is 0. The minimum atomic E-state index is -4.33. The van der Waals surface area contributed by atoms with Crippen molar-refractivity contribution < 1.29 is 25.9 Å². The number of hydrogen-bond acceptors (Lipinski definition) is 6. The Morgan fingerprint density at radius 1 is 0.149 bits per heavy atom. The molecule has 0 saturated carbocycles. The van der Waals surface area contributed by atoms with Crippen LogP contribution in [0.5, 0.6) is 0 Å². The molecule has 0 heterocycles. The number of unbranched alkanes of at least 4 members (excludes halogenated alkanes) is 94. The Morgan fingerprint density at radius 3 is 0.314 bits per heavy atom. The fraction of sp³-hybridized carbons (Fsp3) is 0.893. The van der Waals surface area contributed by atoms with E-state index < -0.39 is 20.2 Å². The molecular formula is C112H210CaO6S2. The summed E-state index contributed by atoms with van der Waals surface area (Å²) in [5.74, 6) is 0. The van der Waals surface area contributed by atoms with E-state index in [9.17, 15) is 25.9 Å². The van der Waals surface area contributed by atoms with Crippen LogP contribution in [0.15, 0.2) is 58.3 Å². The molecule has 2 rings (SSSR count). The second-order valence-corrected chi connectivity index (χ2v) is 41.7. The van der Waals surface area contributed by atoms with Crippen LogP contribution in [-0.4, -0.2) is 63.7 Å². The summed E-state index contributed by atoms with van der Waals surface area (Å²) in [7, 11) is -8.67. The van der Waals surface area contributed by atoms with Crippen molar-refractivity contribution in [2.45, 2.75) is 653 Å². The van der Waals surface area contributed by atoms with Crippen LogP contribution in [0, 0.1) is 0 Å². The van der Waals surface area contributed by atoms with Crippen LogP contribution >= 0.6 is 0 Å². The average molecular weight is 1760 g/mol. The van der Waals surface area contributed by atoms with Gasteiger partial charge in [0.25, 0.3) is 0 Å². The first kappa shape index (κ1) is 121. The van der Waals surface area contributed by atoms with Gasteiger partial charge >= 0.3 is 37.7 Å². The largest absolute Gasteiger partial charge is 2.00 e. The molecule has 0 amide bonds. The molecule has 0 aliphatic rings. The summed E-state index contributed by atoms with van der Waals surface area (Å²) in [4.78, 5) is -0.261. The smallest absolute Gasteiger partial charge is 0.744 e. The Labute approximate surface area is 789 Å². The Hall–Kier alpha value is -0.480. The number of benzene rings is 2. The van der Waals surface area contributed by atoms with E-state index in [0.29, 0.717) is 0 Å². The van der Waals surface area contributed by atoms with E-state index in [1.54, 1.807) is 24.3 Å². The quantitative estimate of drug-likeness (QED) is 0.0370. The van der Waals surface area contributed by atoms with Gasteiger partial charge in [-0.2, -0.15) is 0 Å². The van der Waals surface area contributed by atoms with E-state index in [4.69, 9.17) is 0 Å². The molecule has 9 heteroatoms. The third-order valence-corrected chi connectivity index (χ3v) is 28.8. The zero-order valence-electron chi connectivity index (χ0n) is 81.9. The number of rotatable bonds is 100. The fourth-order valence-electron chi connectivity index (χ4n) is 18.7. The van der Waals surface area contributed by atoms with Gasteiger partial charge in [-0.15, -0.1) is 0 Å². The molecule has 708 valence electrons. The van der Waals surface area contributed by atoms with Gasteiger partial charge in [0.15, 0.2) is 0 Å². The molecule has 6 nitrogen and oxygen atoms in total. The first-order chi connectivity index (χ1) is 59.1. The molecule has 0 spiro atoms. The Kier molecular flexibility index (Phi) is 99.7. The molecule has 2 aromatic carbocycles. The van der Waals surface area contributed by atoms with Crippen molar-refractivity contribution in [3.05, 3.63) is 59.7 Å². The third-order valence-electron chi connectivity index (χ3n) is 27.1. The molecule has 2 aromatic rings. The molecule has 0 bridgehead atoms. The molecule has 0 N–H and O–H groups in total. The third kappa shape index (κ3) is 95.4. The monoisotopic (exact) mass is 1760 g/mol. The first-order valence-electron chi connectivity index (χ1n) is 55.2. The van der Waals surface area contributed by atoms with Gasteiger partial charge in [0.05, 0.1) is 9.79 Å². The van der Waals surface area contributed by atoms with E-state index in [-0.39, 0.29) is 47.5 Å². The van der Waals surface area contributed by atoms with Crippen molar-refractivity contribution in [2.24, 2.45) is 0 Å². The molecule has 0 radical (unpaired) electrons. The van der Waals surface area contributed by atoms with Crippen molar-refractivity contribution in [1.29, 1.82) is 0 Å². The van der Waals surface area contributed by atoms with Gasteiger partial charge in [-0.25, -0.2) is 16.8 Å². The molecule has 0 fully saturated rings. The Morgan fingerprint density at radius 2 is 0.231 bits per heavy atom. The fourth-order valence-corrected chi connectivity index (χ4v) is 19.7. The van der Waals surface area contributed by atoms with Gasteiger partial charge in [-0.3, -0.25) is 0 Å². The summed E-state index contributed by atoms with van der Waals surface area (Å²) >= 11 is 0. The molecule has 121 heavy (non-hydrogen) atoms. The zero-order chi connectivity index (χ0) is 86.3. The van der Waals surface area contributed by atoms with E-state index in [1.807, 2.05) is 0 Å². The van der Waals surface area contributed by atoms with Crippen molar-refractivity contribution >= 4 is 58.0 Å². The van der Waals surface area contributed by atoms with Crippen LogP contribution in [0.1, 0.15) is 641 Å². The van der Waals surface area contributed by atoms with Crippen LogP contribution < -0.4 is 0 Å². The SMILES string of the molecule is CCCCCCCCCCCCCCCCCCCCCCCCCCCCCCCCCCCCCCCCCCCCCCCCCCc1ccc(S(=O)(=O)[O-])cc1.CCCCCCCCCCCCCCCCCCCCCCCCCCCCCCCCCCCCCCCCCCCCCCCCCCc1ccc(S(=O)(=O)[O-])cc1.[Ca+2]. The molecular weight excluding hydrogens is 1550 g/mol.